The molecule has 0 saturated carbocycles. The third-order valence-electron chi connectivity index (χ3n) is 1.33. The van der Waals surface area contributed by atoms with Crippen LogP contribution in [0.1, 0.15) is 5.56 Å². The molecule has 3 nitrogen and oxygen atoms in total. The minimum Gasteiger partial charge on any atom is -0.262 e. The van der Waals surface area contributed by atoms with E-state index in [4.69, 9.17) is 11.3 Å². The maximum Gasteiger partial charge on any atom is 0.152 e. The fourth-order valence-corrected chi connectivity index (χ4v) is 0.739. The van der Waals surface area contributed by atoms with Gasteiger partial charge in [-0.15, -0.1) is 6.42 Å². The molecule has 0 fully saturated rings. The molecule has 1 aromatic rings. The number of hydrogen-bond acceptors (Lipinski definition) is 3. The Labute approximate surface area is 71.7 Å². The standard InChI is InChI=1S/C9H10N2O/c1-3-7-12-11-9-8(2)5-4-6-10-9/h1,4-6H,7H2,2H3,(H,10,11). The zero-order chi connectivity index (χ0) is 8.81. The molecule has 0 amide bonds. The Morgan fingerprint density at radius 2 is 2.58 bits per heavy atom. The van der Waals surface area contributed by atoms with Gasteiger partial charge in [0.15, 0.2) is 5.82 Å². The van der Waals surface area contributed by atoms with E-state index in [2.05, 4.69) is 16.4 Å². The molecule has 62 valence electrons. The highest BCUT2D eigenvalue weighted by molar-refractivity contribution is 5.40. The Hall–Kier alpha value is -1.53. The van der Waals surface area contributed by atoms with E-state index >= 15 is 0 Å². The minimum absolute atomic E-state index is 0.232. The van der Waals surface area contributed by atoms with Gasteiger partial charge in [-0.05, 0) is 18.6 Å². The van der Waals surface area contributed by atoms with Crippen molar-refractivity contribution in [3.8, 4) is 12.3 Å². The second-order valence-electron chi connectivity index (χ2n) is 2.26. The summed E-state index contributed by atoms with van der Waals surface area (Å²) < 4.78 is 0. The summed E-state index contributed by atoms with van der Waals surface area (Å²) in [4.78, 5) is 8.95. The van der Waals surface area contributed by atoms with Gasteiger partial charge >= 0.3 is 0 Å². The highest BCUT2D eigenvalue weighted by atomic mass is 16.6. The number of anilines is 1. The first kappa shape index (κ1) is 8.57. The van der Waals surface area contributed by atoms with E-state index in [9.17, 15) is 0 Å². The number of pyridine rings is 1. The Morgan fingerprint density at radius 3 is 3.25 bits per heavy atom. The largest absolute Gasteiger partial charge is 0.262 e. The fraction of sp³-hybridized carbons (Fsp3) is 0.222. The molecule has 1 heterocycles. The molecule has 0 unspecified atom stereocenters. The molecule has 0 aromatic carbocycles. The summed E-state index contributed by atoms with van der Waals surface area (Å²) >= 11 is 0. The summed E-state index contributed by atoms with van der Waals surface area (Å²) in [5.74, 6) is 3.05. The van der Waals surface area contributed by atoms with E-state index in [1.165, 1.54) is 0 Å². The van der Waals surface area contributed by atoms with E-state index in [1.807, 2.05) is 19.1 Å². The number of rotatable bonds is 3. The number of terminal acetylenes is 1. The van der Waals surface area contributed by atoms with Crippen LogP contribution in [0.2, 0.25) is 0 Å². The fourth-order valence-electron chi connectivity index (χ4n) is 0.739. The van der Waals surface area contributed by atoms with Crippen molar-refractivity contribution in [3.63, 3.8) is 0 Å². The zero-order valence-corrected chi connectivity index (χ0v) is 6.87. The number of aryl methyl sites for hydroxylation is 1. The van der Waals surface area contributed by atoms with Crippen LogP contribution in [0.25, 0.3) is 0 Å². The molecule has 0 spiro atoms. The van der Waals surface area contributed by atoms with Gasteiger partial charge in [0.1, 0.15) is 6.61 Å². The van der Waals surface area contributed by atoms with Gasteiger partial charge in [-0.25, -0.2) is 10.5 Å². The third-order valence-corrected chi connectivity index (χ3v) is 1.33. The van der Waals surface area contributed by atoms with Gasteiger partial charge in [0.2, 0.25) is 0 Å². The molecule has 1 rings (SSSR count). The quantitative estimate of drug-likeness (QED) is 0.414. The molecule has 0 aliphatic heterocycles. The van der Waals surface area contributed by atoms with Crippen LogP contribution >= 0.6 is 0 Å². The molecule has 0 aliphatic carbocycles. The predicted molar refractivity (Wildman–Crippen MR) is 47.4 cm³/mol. The van der Waals surface area contributed by atoms with Crippen LogP contribution in [-0.2, 0) is 4.84 Å². The first-order valence-electron chi connectivity index (χ1n) is 3.57. The Morgan fingerprint density at radius 1 is 1.75 bits per heavy atom. The average Bonchev–Trinajstić information content (AvgIpc) is 2.09. The molecule has 0 bridgehead atoms. The highest BCUT2D eigenvalue weighted by Gasteiger charge is 1.95. The van der Waals surface area contributed by atoms with Crippen LogP contribution in [0.5, 0.6) is 0 Å². The van der Waals surface area contributed by atoms with Crippen LogP contribution in [0.4, 0.5) is 5.82 Å². The molecular weight excluding hydrogens is 152 g/mol. The lowest BCUT2D eigenvalue weighted by Gasteiger charge is -2.04. The first-order chi connectivity index (χ1) is 5.84. The molecule has 0 radical (unpaired) electrons. The Kier molecular flexibility index (Phi) is 3.12. The van der Waals surface area contributed by atoms with Crippen LogP contribution in [0.3, 0.4) is 0 Å². The lowest BCUT2D eigenvalue weighted by atomic mass is 10.3. The van der Waals surface area contributed by atoms with Crippen molar-refractivity contribution in [1.82, 2.24) is 4.98 Å². The van der Waals surface area contributed by atoms with Crippen molar-refractivity contribution in [2.75, 3.05) is 12.1 Å². The molecule has 1 N–H and O–H groups in total. The number of nitrogens with zero attached hydrogens (tertiary/aromatic N) is 1. The molecule has 1 aromatic heterocycles. The summed E-state index contributed by atoms with van der Waals surface area (Å²) in [6.45, 7) is 2.17. The lowest BCUT2D eigenvalue weighted by molar-refractivity contribution is 0.232. The average molecular weight is 162 g/mol. The summed E-state index contributed by atoms with van der Waals surface area (Å²) in [5.41, 5.74) is 3.68. The van der Waals surface area contributed by atoms with Crippen LogP contribution in [0, 0.1) is 19.3 Å². The lowest BCUT2D eigenvalue weighted by Crippen LogP contribution is -2.04. The number of hydrogen-bond donors (Lipinski definition) is 1. The molecule has 0 atom stereocenters. The van der Waals surface area contributed by atoms with E-state index in [0.717, 1.165) is 5.56 Å². The SMILES string of the molecule is C#CCONc1ncccc1C. The van der Waals surface area contributed by atoms with E-state index in [-0.39, 0.29) is 6.61 Å². The molecule has 0 saturated heterocycles. The van der Waals surface area contributed by atoms with E-state index in [0.29, 0.717) is 5.82 Å². The van der Waals surface area contributed by atoms with Gasteiger partial charge in [-0.3, -0.25) is 4.84 Å². The van der Waals surface area contributed by atoms with Crippen molar-refractivity contribution in [1.29, 1.82) is 0 Å². The summed E-state index contributed by atoms with van der Waals surface area (Å²) in [5, 5.41) is 0. The molecular formula is C9H10N2O. The van der Waals surface area contributed by atoms with Crippen molar-refractivity contribution >= 4 is 5.82 Å². The van der Waals surface area contributed by atoms with Crippen molar-refractivity contribution in [3.05, 3.63) is 23.9 Å². The van der Waals surface area contributed by atoms with Gasteiger partial charge in [-0.2, -0.15) is 0 Å². The van der Waals surface area contributed by atoms with Gasteiger partial charge in [-0.1, -0.05) is 12.0 Å². The molecule has 12 heavy (non-hydrogen) atoms. The van der Waals surface area contributed by atoms with Gasteiger partial charge in [0, 0.05) is 6.20 Å². The number of aromatic nitrogens is 1. The number of nitrogens with one attached hydrogen (secondary N) is 1. The topological polar surface area (TPSA) is 34.1 Å². The normalized spacial score (nSPS) is 9.00. The Balaban J connectivity index is 2.53. The smallest absolute Gasteiger partial charge is 0.152 e. The van der Waals surface area contributed by atoms with Gasteiger partial charge in [0.05, 0.1) is 0 Å². The monoisotopic (exact) mass is 162 g/mol. The second-order valence-corrected chi connectivity index (χ2v) is 2.26. The van der Waals surface area contributed by atoms with E-state index in [1.54, 1.807) is 6.20 Å². The molecule has 0 aliphatic rings. The zero-order valence-electron chi connectivity index (χ0n) is 6.87. The predicted octanol–water partition coefficient (Wildman–Crippen LogP) is 1.37. The van der Waals surface area contributed by atoms with Gasteiger partial charge < -0.3 is 0 Å². The minimum atomic E-state index is 0.232. The van der Waals surface area contributed by atoms with Crippen LogP contribution < -0.4 is 5.48 Å². The second kappa shape index (κ2) is 4.37. The first-order valence-corrected chi connectivity index (χ1v) is 3.57. The van der Waals surface area contributed by atoms with Gasteiger partial charge in [0.25, 0.3) is 0 Å². The molecule has 3 heteroatoms. The van der Waals surface area contributed by atoms with Crippen LogP contribution in [-0.4, -0.2) is 11.6 Å². The van der Waals surface area contributed by atoms with E-state index < -0.39 is 0 Å². The Bertz CT molecular complexity index is 291. The highest BCUT2D eigenvalue weighted by Crippen LogP contribution is 2.08. The summed E-state index contributed by atoms with van der Waals surface area (Å²) in [6, 6.07) is 3.80. The third kappa shape index (κ3) is 2.26. The van der Waals surface area contributed by atoms with Crippen LogP contribution in [0.15, 0.2) is 18.3 Å². The summed E-state index contributed by atoms with van der Waals surface area (Å²) in [7, 11) is 0. The maximum absolute atomic E-state index is 5.00. The maximum atomic E-state index is 5.00. The van der Waals surface area contributed by atoms with Crippen molar-refractivity contribution in [2.45, 2.75) is 6.92 Å². The van der Waals surface area contributed by atoms with Crippen molar-refractivity contribution < 1.29 is 4.84 Å². The van der Waals surface area contributed by atoms with Crippen molar-refractivity contribution in [2.24, 2.45) is 0 Å². The summed E-state index contributed by atoms with van der Waals surface area (Å²) in [6.07, 6.45) is 6.68.